The molecular formula is C14H24O4. The zero-order chi connectivity index (χ0) is 14.0. The van der Waals surface area contributed by atoms with Crippen molar-refractivity contribution >= 4 is 11.9 Å². The van der Waals surface area contributed by atoms with Gasteiger partial charge in [-0.1, -0.05) is 6.92 Å². The number of rotatable bonds is 3. The van der Waals surface area contributed by atoms with Crippen LogP contribution in [0.1, 0.15) is 59.8 Å². The van der Waals surface area contributed by atoms with Crippen molar-refractivity contribution in [2.75, 3.05) is 0 Å². The largest absolute Gasteiger partial charge is 0.481 e. The van der Waals surface area contributed by atoms with Gasteiger partial charge in [0, 0.05) is 0 Å². The highest BCUT2D eigenvalue weighted by atomic mass is 16.6. The van der Waals surface area contributed by atoms with Gasteiger partial charge in [-0.2, -0.15) is 0 Å². The number of hydrogen-bond donors (Lipinski definition) is 1. The molecule has 0 unspecified atom stereocenters. The lowest BCUT2D eigenvalue weighted by Gasteiger charge is -2.38. The molecule has 1 rings (SSSR count). The number of carboxylic acids is 1. The molecular weight excluding hydrogens is 232 g/mol. The zero-order valence-corrected chi connectivity index (χ0v) is 11.8. The third kappa shape index (κ3) is 4.00. The maximum Gasteiger partial charge on any atom is 0.313 e. The molecule has 104 valence electrons. The molecule has 0 aromatic rings. The Labute approximate surface area is 109 Å². The predicted octanol–water partition coefficient (Wildman–Crippen LogP) is 3.00. The van der Waals surface area contributed by atoms with Gasteiger partial charge >= 0.3 is 11.9 Å². The first-order valence-electron chi connectivity index (χ1n) is 6.60. The van der Waals surface area contributed by atoms with Crippen LogP contribution in [0.2, 0.25) is 0 Å². The first kappa shape index (κ1) is 15.0. The molecule has 0 spiro atoms. The molecule has 0 atom stereocenters. The number of hydrogen-bond acceptors (Lipinski definition) is 3. The zero-order valence-electron chi connectivity index (χ0n) is 11.8. The van der Waals surface area contributed by atoms with Gasteiger partial charge in [0.05, 0.1) is 11.8 Å². The summed E-state index contributed by atoms with van der Waals surface area (Å²) in [5.41, 5.74) is -1.38. The molecule has 0 radical (unpaired) electrons. The minimum absolute atomic E-state index is 0.116. The minimum Gasteiger partial charge on any atom is -0.481 e. The number of esters is 1. The van der Waals surface area contributed by atoms with Crippen LogP contribution in [-0.2, 0) is 14.3 Å². The summed E-state index contributed by atoms with van der Waals surface area (Å²) in [5, 5.41) is 9.04. The molecule has 0 aromatic heterocycles. The van der Waals surface area contributed by atoms with Crippen LogP contribution in [0.3, 0.4) is 0 Å². The van der Waals surface area contributed by atoms with E-state index < -0.39 is 17.0 Å². The Bertz CT molecular complexity index is 319. The van der Waals surface area contributed by atoms with E-state index in [4.69, 9.17) is 9.84 Å². The molecule has 18 heavy (non-hydrogen) atoms. The molecule has 4 nitrogen and oxygen atoms in total. The lowest BCUT2D eigenvalue weighted by atomic mass is 9.69. The second-order valence-electron chi connectivity index (χ2n) is 6.54. The molecule has 0 aromatic carbocycles. The van der Waals surface area contributed by atoms with E-state index in [1.54, 1.807) is 0 Å². The minimum atomic E-state index is -0.921. The topological polar surface area (TPSA) is 63.6 Å². The summed E-state index contributed by atoms with van der Waals surface area (Å²) in [5.74, 6) is -0.700. The highest BCUT2D eigenvalue weighted by Crippen LogP contribution is 2.43. The van der Waals surface area contributed by atoms with Crippen molar-refractivity contribution in [3.63, 3.8) is 0 Å². The predicted molar refractivity (Wildman–Crippen MR) is 68.2 cm³/mol. The molecule has 0 heterocycles. The summed E-state index contributed by atoms with van der Waals surface area (Å²) < 4.78 is 5.41. The molecule has 0 amide bonds. The number of carboxylic acid groups (broad SMARTS) is 1. The Morgan fingerprint density at radius 2 is 1.78 bits per heavy atom. The van der Waals surface area contributed by atoms with Gasteiger partial charge in [-0.15, -0.1) is 0 Å². The second kappa shape index (κ2) is 5.29. The maximum absolute atomic E-state index is 12.3. The molecule has 1 N–H and O–H groups in total. The molecule has 1 fully saturated rings. The quantitative estimate of drug-likeness (QED) is 0.788. The first-order valence-corrected chi connectivity index (χ1v) is 6.60. The Kier molecular flexibility index (Phi) is 4.41. The fourth-order valence-corrected chi connectivity index (χ4v) is 2.44. The molecule has 0 aliphatic heterocycles. The lowest BCUT2D eigenvalue weighted by Crippen LogP contribution is -2.41. The van der Waals surface area contributed by atoms with Gasteiger partial charge in [-0.05, 0) is 52.4 Å². The summed E-state index contributed by atoms with van der Waals surface area (Å²) >= 11 is 0. The Hall–Kier alpha value is -1.06. The highest BCUT2D eigenvalue weighted by Gasteiger charge is 2.45. The van der Waals surface area contributed by atoms with Crippen LogP contribution in [-0.4, -0.2) is 22.6 Å². The van der Waals surface area contributed by atoms with Crippen molar-refractivity contribution < 1.29 is 19.4 Å². The van der Waals surface area contributed by atoms with Crippen LogP contribution in [0.5, 0.6) is 0 Å². The summed E-state index contributed by atoms with van der Waals surface area (Å²) in [7, 11) is 0. The van der Waals surface area contributed by atoms with Crippen LogP contribution in [0.4, 0.5) is 0 Å². The van der Waals surface area contributed by atoms with Crippen molar-refractivity contribution in [3.05, 3.63) is 0 Å². The molecule has 0 bridgehead atoms. The Balaban J connectivity index is 2.84. The summed E-state index contributed by atoms with van der Waals surface area (Å²) in [4.78, 5) is 23.3. The standard InChI is InChI=1S/C14H24O4/c1-10-5-7-14(8-6-10,9-11(15)16)12(17)18-13(2,3)4/h10H,5-9H2,1-4H3,(H,15,16). The van der Waals surface area contributed by atoms with Gasteiger partial charge < -0.3 is 9.84 Å². The summed E-state index contributed by atoms with van der Waals surface area (Å²) in [6.07, 6.45) is 2.92. The van der Waals surface area contributed by atoms with E-state index in [0.717, 1.165) is 12.8 Å². The van der Waals surface area contributed by atoms with Crippen LogP contribution in [0.15, 0.2) is 0 Å². The maximum atomic E-state index is 12.3. The van der Waals surface area contributed by atoms with Gasteiger partial charge in [-0.25, -0.2) is 0 Å². The lowest BCUT2D eigenvalue weighted by molar-refractivity contribution is -0.174. The monoisotopic (exact) mass is 256 g/mol. The average Bonchev–Trinajstić information content (AvgIpc) is 2.18. The Morgan fingerprint density at radius 1 is 1.28 bits per heavy atom. The van der Waals surface area contributed by atoms with Gasteiger partial charge in [0.1, 0.15) is 5.60 Å². The third-order valence-corrected chi connectivity index (χ3v) is 3.55. The van der Waals surface area contributed by atoms with Gasteiger partial charge in [0.15, 0.2) is 0 Å². The summed E-state index contributed by atoms with van der Waals surface area (Å²) in [6.45, 7) is 7.57. The van der Waals surface area contributed by atoms with Crippen molar-refractivity contribution in [2.24, 2.45) is 11.3 Å². The van der Waals surface area contributed by atoms with E-state index in [2.05, 4.69) is 6.92 Å². The van der Waals surface area contributed by atoms with E-state index in [1.807, 2.05) is 20.8 Å². The van der Waals surface area contributed by atoms with Crippen LogP contribution < -0.4 is 0 Å². The van der Waals surface area contributed by atoms with E-state index in [1.165, 1.54) is 0 Å². The van der Waals surface area contributed by atoms with Crippen LogP contribution in [0, 0.1) is 11.3 Å². The Morgan fingerprint density at radius 3 is 2.17 bits per heavy atom. The smallest absolute Gasteiger partial charge is 0.313 e. The average molecular weight is 256 g/mol. The van der Waals surface area contributed by atoms with Crippen molar-refractivity contribution in [3.8, 4) is 0 Å². The van der Waals surface area contributed by atoms with E-state index in [-0.39, 0.29) is 12.4 Å². The first-order chi connectivity index (χ1) is 8.15. The van der Waals surface area contributed by atoms with Crippen molar-refractivity contribution in [1.82, 2.24) is 0 Å². The van der Waals surface area contributed by atoms with E-state index in [0.29, 0.717) is 18.8 Å². The molecule has 4 heteroatoms. The fraction of sp³-hybridized carbons (Fsp3) is 0.857. The number of aliphatic carboxylic acids is 1. The molecule has 1 aliphatic rings. The molecule has 1 aliphatic carbocycles. The SMILES string of the molecule is CC1CCC(CC(=O)O)(C(=O)OC(C)(C)C)CC1. The summed E-state index contributed by atoms with van der Waals surface area (Å²) in [6, 6.07) is 0. The van der Waals surface area contributed by atoms with Gasteiger partial charge in [-0.3, -0.25) is 9.59 Å². The van der Waals surface area contributed by atoms with Crippen molar-refractivity contribution in [1.29, 1.82) is 0 Å². The molecule has 0 saturated heterocycles. The van der Waals surface area contributed by atoms with Crippen molar-refractivity contribution in [2.45, 2.75) is 65.4 Å². The number of carbonyl (C=O) groups is 2. The van der Waals surface area contributed by atoms with Crippen LogP contribution in [0.25, 0.3) is 0 Å². The van der Waals surface area contributed by atoms with Crippen LogP contribution >= 0.6 is 0 Å². The highest BCUT2D eigenvalue weighted by molar-refractivity contribution is 5.83. The van der Waals surface area contributed by atoms with Gasteiger partial charge in [0.25, 0.3) is 0 Å². The fourth-order valence-electron chi connectivity index (χ4n) is 2.44. The van der Waals surface area contributed by atoms with E-state index >= 15 is 0 Å². The number of carbonyl (C=O) groups excluding carboxylic acids is 1. The second-order valence-corrected chi connectivity index (χ2v) is 6.54. The number of ether oxygens (including phenoxy) is 1. The van der Waals surface area contributed by atoms with Gasteiger partial charge in [0.2, 0.25) is 0 Å². The normalized spacial score (nSPS) is 28.8. The molecule has 1 saturated carbocycles. The van der Waals surface area contributed by atoms with E-state index in [9.17, 15) is 9.59 Å². The third-order valence-electron chi connectivity index (χ3n) is 3.55.